The van der Waals surface area contributed by atoms with Crippen LogP contribution in [0.5, 0.6) is 17.2 Å². The van der Waals surface area contributed by atoms with Crippen LogP contribution < -0.4 is 24.4 Å². The summed E-state index contributed by atoms with van der Waals surface area (Å²) in [6.07, 6.45) is 6.47. The summed E-state index contributed by atoms with van der Waals surface area (Å²) in [7, 11) is 3.33. The molecular formula is C31H36N2O4. The van der Waals surface area contributed by atoms with Crippen molar-refractivity contribution in [3.05, 3.63) is 83.4 Å². The molecule has 5 rings (SSSR count). The van der Waals surface area contributed by atoms with Crippen LogP contribution in [0.2, 0.25) is 0 Å². The molecule has 2 aliphatic heterocycles. The smallest absolute Gasteiger partial charge is 0.258 e. The Morgan fingerprint density at radius 2 is 1.62 bits per heavy atom. The highest BCUT2D eigenvalue weighted by Gasteiger charge is 2.33. The van der Waals surface area contributed by atoms with Crippen LogP contribution >= 0.6 is 0 Å². The van der Waals surface area contributed by atoms with Gasteiger partial charge in [0.15, 0.2) is 0 Å². The number of ether oxygens (including phenoxy) is 3. The molecule has 2 unspecified atom stereocenters. The Labute approximate surface area is 219 Å². The first-order valence-electron chi connectivity index (χ1n) is 13.3. The molecular weight excluding hydrogens is 464 g/mol. The van der Waals surface area contributed by atoms with E-state index in [4.69, 9.17) is 14.2 Å². The van der Waals surface area contributed by atoms with Crippen molar-refractivity contribution < 1.29 is 19.0 Å². The van der Waals surface area contributed by atoms with E-state index < -0.39 is 0 Å². The summed E-state index contributed by atoms with van der Waals surface area (Å²) < 4.78 is 16.8. The Bertz CT molecular complexity index is 1190. The number of hydrogen-bond acceptors (Lipinski definition) is 5. The molecule has 0 aliphatic carbocycles. The van der Waals surface area contributed by atoms with E-state index in [2.05, 4.69) is 17.4 Å². The average molecular weight is 501 g/mol. The Morgan fingerprint density at radius 3 is 2.32 bits per heavy atom. The van der Waals surface area contributed by atoms with Gasteiger partial charge in [0.05, 0.1) is 26.9 Å². The van der Waals surface area contributed by atoms with Crippen molar-refractivity contribution in [3.63, 3.8) is 0 Å². The number of fused-ring (bicyclic) bond motifs is 1. The lowest BCUT2D eigenvalue weighted by Crippen LogP contribution is -2.38. The maximum Gasteiger partial charge on any atom is 0.258 e. The van der Waals surface area contributed by atoms with Crippen LogP contribution in [0.3, 0.4) is 0 Å². The molecule has 0 bridgehead atoms. The highest BCUT2D eigenvalue weighted by Crippen LogP contribution is 2.41. The first kappa shape index (κ1) is 25.2. The topological polar surface area (TPSA) is 60.0 Å². The van der Waals surface area contributed by atoms with Crippen molar-refractivity contribution in [2.24, 2.45) is 0 Å². The zero-order chi connectivity index (χ0) is 25.6. The van der Waals surface area contributed by atoms with Gasteiger partial charge in [-0.1, -0.05) is 18.6 Å². The van der Waals surface area contributed by atoms with Gasteiger partial charge in [-0.05, 0) is 104 Å². The summed E-state index contributed by atoms with van der Waals surface area (Å²) in [4.78, 5) is 15.9. The minimum Gasteiger partial charge on any atom is -0.497 e. The number of anilines is 1. The quantitative estimate of drug-likeness (QED) is 0.414. The normalized spacial score (nSPS) is 19.1. The molecule has 0 saturated carbocycles. The van der Waals surface area contributed by atoms with Crippen molar-refractivity contribution >= 4 is 11.6 Å². The van der Waals surface area contributed by atoms with Crippen LogP contribution in [0.4, 0.5) is 5.69 Å². The molecule has 37 heavy (non-hydrogen) atoms. The minimum atomic E-state index is -0.0711. The molecule has 3 aromatic rings. The van der Waals surface area contributed by atoms with Gasteiger partial charge >= 0.3 is 0 Å². The monoisotopic (exact) mass is 500 g/mol. The molecule has 2 aliphatic rings. The highest BCUT2D eigenvalue weighted by atomic mass is 16.5. The minimum absolute atomic E-state index is 0.0232. The van der Waals surface area contributed by atoms with Crippen LogP contribution in [0.15, 0.2) is 66.7 Å². The third kappa shape index (κ3) is 5.75. The molecule has 6 heteroatoms. The number of hydrogen-bond donors (Lipinski definition) is 1. The summed E-state index contributed by atoms with van der Waals surface area (Å²) in [6, 6.07) is 22.0. The molecule has 0 radical (unpaired) electrons. The third-order valence-corrected chi connectivity index (χ3v) is 7.51. The average Bonchev–Trinajstić information content (AvgIpc) is 2.97. The summed E-state index contributed by atoms with van der Waals surface area (Å²) >= 11 is 0. The number of benzene rings is 3. The standard InChI is InChI=1S/C31H36N2O4/c1-35-26-11-6-22(7-12-26)29-16-10-24-21-28(36-2)15-17-30(24)33(29)31(34)23-8-13-27(14-9-23)37-20-18-25-5-3-4-19-32-25/h6-9,11-15,17,21,25,29,32H,3-5,10,16,18-20H2,1-2H3. The van der Waals surface area contributed by atoms with Gasteiger partial charge in [0.1, 0.15) is 17.2 Å². The first-order chi connectivity index (χ1) is 18.2. The zero-order valence-electron chi connectivity index (χ0n) is 21.7. The second-order valence-electron chi connectivity index (χ2n) is 9.81. The first-order valence-corrected chi connectivity index (χ1v) is 13.3. The molecule has 1 amide bonds. The predicted molar refractivity (Wildman–Crippen MR) is 146 cm³/mol. The number of nitrogens with one attached hydrogen (secondary N) is 1. The second kappa shape index (κ2) is 11.7. The van der Waals surface area contributed by atoms with Gasteiger partial charge in [-0.2, -0.15) is 0 Å². The van der Waals surface area contributed by atoms with Gasteiger partial charge in [0.2, 0.25) is 0 Å². The molecule has 1 N–H and O–H groups in total. The van der Waals surface area contributed by atoms with Gasteiger partial charge in [0, 0.05) is 17.3 Å². The lowest BCUT2D eigenvalue weighted by Gasteiger charge is -2.38. The van der Waals surface area contributed by atoms with Crippen LogP contribution in [-0.4, -0.2) is 39.3 Å². The summed E-state index contributed by atoms with van der Waals surface area (Å²) in [6.45, 7) is 1.78. The Kier molecular flexibility index (Phi) is 7.95. The number of aryl methyl sites for hydroxylation is 1. The summed E-state index contributed by atoms with van der Waals surface area (Å²) in [5.74, 6) is 2.38. The van der Waals surface area contributed by atoms with E-state index in [-0.39, 0.29) is 11.9 Å². The lowest BCUT2D eigenvalue weighted by atomic mass is 9.90. The fraction of sp³-hybridized carbons (Fsp3) is 0.387. The molecule has 1 saturated heterocycles. The van der Waals surface area contributed by atoms with Crippen molar-refractivity contribution in [1.29, 1.82) is 0 Å². The van der Waals surface area contributed by atoms with E-state index in [1.54, 1.807) is 14.2 Å². The van der Waals surface area contributed by atoms with Gasteiger partial charge in [-0.15, -0.1) is 0 Å². The van der Waals surface area contributed by atoms with Crippen molar-refractivity contribution in [3.8, 4) is 17.2 Å². The molecule has 2 atom stereocenters. The number of amides is 1. The van der Waals surface area contributed by atoms with E-state index in [1.807, 2.05) is 59.5 Å². The number of piperidine rings is 1. The molecule has 6 nitrogen and oxygen atoms in total. The van der Waals surface area contributed by atoms with E-state index in [0.29, 0.717) is 18.2 Å². The fourth-order valence-corrected chi connectivity index (χ4v) is 5.43. The van der Waals surface area contributed by atoms with E-state index in [1.165, 1.54) is 19.3 Å². The third-order valence-electron chi connectivity index (χ3n) is 7.51. The van der Waals surface area contributed by atoms with E-state index in [0.717, 1.165) is 59.9 Å². The molecule has 2 heterocycles. The van der Waals surface area contributed by atoms with E-state index in [9.17, 15) is 4.79 Å². The summed E-state index contributed by atoms with van der Waals surface area (Å²) in [5, 5.41) is 3.56. The highest BCUT2D eigenvalue weighted by molar-refractivity contribution is 6.07. The zero-order valence-corrected chi connectivity index (χ0v) is 21.7. The number of carbonyl (C=O) groups is 1. The van der Waals surface area contributed by atoms with Crippen LogP contribution in [-0.2, 0) is 6.42 Å². The molecule has 1 fully saturated rings. The Hall–Kier alpha value is -3.51. The number of methoxy groups -OCH3 is 2. The van der Waals surface area contributed by atoms with Gasteiger partial charge in [0.25, 0.3) is 5.91 Å². The molecule has 194 valence electrons. The molecule has 3 aromatic carbocycles. The van der Waals surface area contributed by atoms with Crippen LogP contribution in [0.1, 0.15) is 59.6 Å². The Morgan fingerprint density at radius 1 is 0.892 bits per heavy atom. The number of rotatable bonds is 8. The largest absolute Gasteiger partial charge is 0.497 e. The predicted octanol–water partition coefficient (Wildman–Crippen LogP) is 5.95. The van der Waals surface area contributed by atoms with Crippen molar-refractivity contribution in [1.82, 2.24) is 5.32 Å². The number of nitrogens with zero attached hydrogens (tertiary/aromatic N) is 1. The maximum atomic E-state index is 14.0. The van der Waals surface area contributed by atoms with Crippen molar-refractivity contribution in [2.75, 3.05) is 32.3 Å². The van der Waals surface area contributed by atoms with Crippen LogP contribution in [0, 0.1) is 0 Å². The SMILES string of the molecule is COc1ccc(C2CCc3cc(OC)ccc3N2C(=O)c2ccc(OCCC3CCCCN3)cc2)cc1. The van der Waals surface area contributed by atoms with Gasteiger partial charge < -0.3 is 24.4 Å². The molecule has 0 aromatic heterocycles. The Balaban J connectivity index is 1.36. The fourth-order valence-electron chi connectivity index (χ4n) is 5.43. The van der Waals surface area contributed by atoms with Crippen molar-refractivity contribution in [2.45, 2.75) is 50.6 Å². The lowest BCUT2D eigenvalue weighted by molar-refractivity contribution is 0.0972. The second-order valence-corrected chi connectivity index (χ2v) is 9.81. The summed E-state index contributed by atoms with van der Waals surface area (Å²) in [5.41, 5.74) is 3.78. The van der Waals surface area contributed by atoms with Gasteiger partial charge in [-0.25, -0.2) is 0 Å². The maximum absolute atomic E-state index is 14.0. The van der Waals surface area contributed by atoms with E-state index >= 15 is 0 Å². The van der Waals surface area contributed by atoms with Crippen LogP contribution in [0.25, 0.3) is 0 Å². The number of carbonyl (C=O) groups excluding carboxylic acids is 1. The van der Waals surface area contributed by atoms with Gasteiger partial charge in [-0.3, -0.25) is 4.79 Å². The molecule has 0 spiro atoms.